The number of carbonyl (C=O) groups is 1. The lowest BCUT2D eigenvalue weighted by Gasteiger charge is -2.09. The average Bonchev–Trinajstić information content (AvgIpc) is 2.45. The summed E-state index contributed by atoms with van der Waals surface area (Å²) in [6, 6.07) is 12.0. The molecule has 0 bridgehead atoms. The number of nitrogen functional groups attached to an aromatic ring is 1. The quantitative estimate of drug-likeness (QED) is 0.693. The Hall–Kier alpha value is -2.20. The van der Waals surface area contributed by atoms with E-state index in [-0.39, 0.29) is 12.2 Å². The molecule has 0 aromatic heterocycles. The van der Waals surface area contributed by atoms with Gasteiger partial charge in [0.05, 0.1) is 12.7 Å². The van der Waals surface area contributed by atoms with Crippen molar-refractivity contribution >= 4 is 23.3 Å². The first-order valence-corrected chi connectivity index (χ1v) is 6.33. The summed E-state index contributed by atoms with van der Waals surface area (Å²) in [5.74, 6) is 0.0512. The van der Waals surface area contributed by atoms with Crippen molar-refractivity contribution in [3.8, 4) is 5.75 Å². The van der Waals surface area contributed by atoms with Crippen LogP contribution in [0.1, 0.15) is 15.9 Å². The van der Waals surface area contributed by atoms with E-state index in [2.05, 4.69) is 0 Å². The molecular weight excluding hydrogens is 278 g/mol. The fraction of sp³-hybridized carbons (Fsp3) is 0.133. The van der Waals surface area contributed by atoms with Gasteiger partial charge in [0.2, 0.25) is 0 Å². The summed E-state index contributed by atoms with van der Waals surface area (Å²) >= 11 is 5.86. The van der Waals surface area contributed by atoms with Crippen LogP contribution in [-0.2, 0) is 11.3 Å². The normalized spacial score (nSPS) is 10.1. The standard InChI is InChI=1S/C15H14ClNO3/c1-19-12-5-6-14(17)13(8-12)15(18)20-9-10-3-2-4-11(16)7-10/h2-8H,9,17H2,1H3. The lowest BCUT2D eigenvalue weighted by Crippen LogP contribution is -2.08. The molecule has 4 nitrogen and oxygen atoms in total. The summed E-state index contributed by atoms with van der Waals surface area (Å²) in [5, 5.41) is 0.597. The van der Waals surface area contributed by atoms with Crippen LogP contribution in [-0.4, -0.2) is 13.1 Å². The number of hydrogen-bond donors (Lipinski definition) is 1. The molecule has 0 aliphatic carbocycles. The second-order valence-electron chi connectivity index (χ2n) is 4.16. The number of esters is 1. The van der Waals surface area contributed by atoms with Gasteiger partial charge in [0.15, 0.2) is 0 Å². The van der Waals surface area contributed by atoms with Gasteiger partial charge in [-0.1, -0.05) is 23.7 Å². The minimum absolute atomic E-state index is 0.135. The molecule has 0 aliphatic rings. The Morgan fingerprint density at radius 2 is 2.05 bits per heavy atom. The number of anilines is 1. The van der Waals surface area contributed by atoms with E-state index in [1.165, 1.54) is 7.11 Å². The van der Waals surface area contributed by atoms with E-state index in [1.54, 1.807) is 36.4 Å². The Kier molecular flexibility index (Phi) is 4.48. The zero-order valence-corrected chi connectivity index (χ0v) is 11.7. The molecule has 104 valence electrons. The Labute approximate surface area is 122 Å². The third-order valence-corrected chi connectivity index (χ3v) is 2.97. The van der Waals surface area contributed by atoms with E-state index in [4.69, 9.17) is 26.8 Å². The molecule has 0 saturated heterocycles. The van der Waals surface area contributed by atoms with E-state index in [1.807, 2.05) is 6.07 Å². The van der Waals surface area contributed by atoms with Gasteiger partial charge in [-0.05, 0) is 35.9 Å². The molecule has 0 radical (unpaired) electrons. The zero-order valence-electron chi connectivity index (χ0n) is 10.9. The lowest BCUT2D eigenvalue weighted by atomic mass is 10.1. The fourth-order valence-electron chi connectivity index (χ4n) is 1.69. The van der Waals surface area contributed by atoms with E-state index in [0.29, 0.717) is 16.5 Å². The number of methoxy groups -OCH3 is 1. The third-order valence-electron chi connectivity index (χ3n) is 2.74. The Morgan fingerprint density at radius 3 is 2.75 bits per heavy atom. The zero-order chi connectivity index (χ0) is 14.5. The molecule has 2 aromatic carbocycles. The van der Waals surface area contributed by atoms with Gasteiger partial charge in [-0.3, -0.25) is 0 Å². The predicted molar refractivity (Wildman–Crippen MR) is 78.0 cm³/mol. The molecule has 2 aromatic rings. The van der Waals surface area contributed by atoms with Crippen molar-refractivity contribution in [3.05, 3.63) is 58.6 Å². The van der Waals surface area contributed by atoms with Crippen LogP contribution in [0.4, 0.5) is 5.69 Å². The van der Waals surface area contributed by atoms with Crippen LogP contribution in [0.25, 0.3) is 0 Å². The fourth-order valence-corrected chi connectivity index (χ4v) is 1.91. The van der Waals surface area contributed by atoms with Gasteiger partial charge in [-0.2, -0.15) is 0 Å². The van der Waals surface area contributed by atoms with Crippen LogP contribution in [0.15, 0.2) is 42.5 Å². The summed E-state index contributed by atoms with van der Waals surface area (Å²) < 4.78 is 10.3. The third kappa shape index (κ3) is 3.42. The van der Waals surface area contributed by atoms with Gasteiger partial charge >= 0.3 is 5.97 Å². The monoisotopic (exact) mass is 291 g/mol. The second kappa shape index (κ2) is 6.30. The van der Waals surface area contributed by atoms with Crippen LogP contribution < -0.4 is 10.5 Å². The minimum Gasteiger partial charge on any atom is -0.497 e. The first-order valence-electron chi connectivity index (χ1n) is 5.95. The first-order chi connectivity index (χ1) is 9.60. The van der Waals surface area contributed by atoms with Crippen LogP contribution >= 0.6 is 11.6 Å². The number of benzene rings is 2. The highest BCUT2D eigenvalue weighted by Gasteiger charge is 2.12. The predicted octanol–water partition coefficient (Wildman–Crippen LogP) is 3.29. The van der Waals surface area contributed by atoms with Crippen molar-refractivity contribution in [2.75, 3.05) is 12.8 Å². The highest BCUT2D eigenvalue weighted by atomic mass is 35.5. The number of ether oxygens (including phenoxy) is 2. The van der Waals surface area contributed by atoms with Gasteiger partial charge in [-0.25, -0.2) is 4.79 Å². The van der Waals surface area contributed by atoms with Crippen molar-refractivity contribution < 1.29 is 14.3 Å². The summed E-state index contributed by atoms with van der Waals surface area (Å²) in [5.41, 5.74) is 7.21. The van der Waals surface area contributed by atoms with Crippen LogP contribution in [0.3, 0.4) is 0 Å². The number of nitrogens with two attached hydrogens (primary N) is 1. The maximum Gasteiger partial charge on any atom is 0.340 e. The average molecular weight is 292 g/mol. The summed E-state index contributed by atoms with van der Waals surface area (Å²) in [6.07, 6.45) is 0. The molecular formula is C15H14ClNO3. The van der Waals surface area contributed by atoms with Gasteiger partial charge in [-0.15, -0.1) is 0 Å². The van der Waals surface area contributed by atoms with Gasteiger partial charge in [0.25, 0.3) is 0 Å². The molecule has 0 saturated carbocycles. The Morgan fingerprint density at radius 1 is 1.25 bits per heavy atom. The number of hydrogen-bond acceptors (Lipinski definition) is 4. The van der Waals surface area contributed by atoms with E-state index < -0.39 is 5.97 Å². The maximum absolute atomic E-state index is 12.0. The first kappa shape index (κ1) is 14.2. The lowest BCUT2D eigenvalue weighted by molar-refractivity contribution is 0.0473. The second-order valence-corrected chi connectivity index (χ2v) is 4.60. The topological polar surface area (TPSA) is 61.5 Å². The van der Waals surface area contributed by atoms with E-state index in [0.717, 1.165) is 5.56 Å². The highest BCUT2D eigenvalue weighted by molar-refractivity contribution is 6.30. The van der Waals surface area contributed by atoms with Gasteiger partial charge in [0.1, 0.15) is 12.4 Å². The highest BCUT2D eigenvalue weighted by Crippen LogP contribution is 2.21. The molecule has 0 unspecified atom stereocenters. The molecule has 5 heteroatoms. The van der Waals surface area contributed by atoms with Gasteiger partial charge in [0, 0.05) is 10.7 Å². The van der Waals surface area contributed by atoms with Crippen molar-refractivity contribution in [2.45, 2.75) is 6.61 Å². The smallest absolute Gasteiger partial charge is 0.340 e. The van der Waals surface area contributed by atoms with Gasteiger partial charge < -0.3 is 15.2 Å². The molecule has 0 spiro atoms. The molecule has 0 heterocycles. The number of rotatable bonds is 4. The molecule has 0 aliphatic heterocycles. The van der Waals surface area contributed by atoms with Crippen molar-refractivity contribution in [1.82, 2.24) is 0 Å². The minimum atomic E-state index is -0.499. The number of halogens is 1. The largest absolute Gasteiger partial charge is 0.497 e. The molecule has 2 N–H and O–H groups in total. The Bertz CT molecular complexity index is 628. The van der Waals surface area contributed by atoms with Crippen molar-refractivity contribution in [3.63, 3.8) is 0 Å². The van der Waals surface area contributed by atoms with E-state index >= 15 is 0 Å². The van der Waals surface area contributed by atoms with Crippen LogP contribution in [0.2, 0.25) is 5.02 Å². The van der Waals surface area contributed by atoms with E-state index in [9.17, 15) is 4.79 Å². The summed E-state index contributed by atoms with van der Waals surface area (Å²) in [7, 11) is 1.52. The molecule has 2 rings (SSSR count). The Balaban J connectivity index is 2.08. The van der Waals surface area contributed by atoms with Crippen LogP contribution in [0.5, 0.6) is 5.75 Å². The summed E-state index contributed by atoms with van der Waals surface area (Å²) in [4.78, 5) is 12.0. The maximum atomic E-state index is 12.0. The SMILES string of the molecule is COc1ccc(N)c(C(=O)OCc2cccc(Cl)c2)c1. The molecule has 0 atom stereocenters. The van der Waals surface area contributed by atoms with Crippen molar-refractivity contribution in [1.29, 1.82) is 0 Å². The van der Waals surface area contributed by atoms with Crippen molar-refractivity contribution in [2.24, 2.45) is 0 Å². The molecule has 0 amide bonds. The summed E-state index contributed by atoms with van der Waals surface area (Å²) in [6.45, 7) is 0.135. The molecule has 20 heavy (non-hydrogen) atoms. The molecule has 0 fully saturated rings. The van der Waals surface area contributed by atoms with Crippen LogP contribution in [0, 0.1) is 0 Å². The number of carbonyl (C=O) groups excluding carboxylic acids is 1.